The average molecular weight is 629 g/mol. The lowest BCUT2D eigenvalue weighted by atomic mass is 9.43. The summed E-state index contributed by atoms with van der Waals surface area (Å²) in [6, 6.07) is 44.6. The number of nitrogens with zero attached hydrogens (tertiary/aromatic N) is 2. The Morgan fingerprint density at radius 3 is 2.17 bits per heavy atom. The monoisotopic (exact) mass is 628 g/mol. The molecule has 0 N–H and O–H groups in total. The number of fused-ring (bicyclic) bond motifs is 8. The molecule has 0 fully saturated rings. The highest BCUT2D eigenvalue weighted by atomic mass is 32.2. The molecule has 0 amide bonds. The van der Waals surface area contributed by atoms with Crippen LogP contribution in [0.3, 0.4) is 0 Å². The Balaban J connectivity index is 1.33. The molecule has 0 aliphatic carbocycles. The van der Waals surface area contributed by atoms with Gasteiger partial charge in [-0.3, -0.25) is 0 Å². The van der Waals surface area contributed by atoms with Crippen LogP contribution in [0.1, 0.15) is 26.3 Å². The quantitative estimate of drug-likeness (QED) is 0.168. The van der Waals surface area contributed by atoms with Crippen LogP contribution >= 0.6 is 23.5 Å². The van der Waals surface area contributed by atoms with Crippen LogP contribution in [-0.2, 0) is 5.41 Å². The lowest BCUT2D eigenvalue weighted by Crippen LogP contribution is -2.62. The fourth-order valence-corrected chi connectivity index (χ4v) is 9.56. The van der Waals surface area contributed by atoms with E-state index in [2.05, 4.69) is 146 Å². The van der Waals surface area contributed by atoms with Crippen molar-refractivity contribution in [3.8, 4) is 22.6 Å². The van der Waals surface area contributed by atoms with Gasteiger partial charge in [-0.25, -0.2) is 0 Å². The first-order chi connectivity index (χ1) is 22.4. The Morgan fingerprint density at radius 2 is 1.33 bits per heavy atom. The number of para-hydroxylation sites is 4. The third kappa shape index (κ3) is 3.71. The van der Waals surface area contributed by atoms with E-state index in [1.54, 1.807) is 11.8 Å². The number of hydrogen-bond acceptors (Lipinski definition) is 5. The largest absolute Gasteiger partial charge is 0.455 e. The summed E-state index contributed by atoms with van der Waals surface area (Å²) in [6.45, 7) is 6.98. The van der Waals surface area contributed by atoms with E-state index in [1.165, 1.54) is 65.8 Å². The van der Waals surface area contributed by atoms with Gasteiger partial charge in [-0.15, -0.1) is 0 Å². The Hall–Kier alpha value is -4.52. The first kappa shape index (κ1) is 26.7. The highest BCUT2D eigenvalue weighted by Crippen LogP contribution is 2.57. The maximum absolute atomic E-state index is 6.61. The highest BCUT2D eigenvalue weighted by molar-refractivity contribution is 8.00. The molecule has 0 aromatic heterocycles. The van der Waals surface area contributed by atoms with Gasteiger partial charge in [0.1, 0.15) is 11.5 Å². The van der Waals surface area contributed by atoms with Crippen molar-refractivity contribution in [3.05, 3.63) is 127 Å². The van der Waals surface area contributed by atoms with Crippen molar-refractivity contribution >= 4 is 69.7 Å². The number of benzene rings is 6. The number of hydrogen-bond donors (Lipinski definition) is 0. The predicted octanol–water partition coefficient (Wildman–Crippen LogP) is 10.4. The van der Waals surface area contributed by atoms with Gasteiger partial charge in [0.15, 0.2) is 0 Å². The standard InChI is InChI=1S/C40H29BN2OS2/c1-40(2,3)24-20-27-26-22-37-33(44-32-16-8-10-18-35(32)46-37)23-30(26)43(25-12-5-4-6-13-25)41-28-14-11-19-36-39(28)42(31(21-24)38(27)41)29-15-7-9-17-34(29)45-36/h4-23H,1-3H3. The molecule has 0 radical (unpaired) electrons. The third-order valence-electron chi connectivity index (χ3n) is 9.61. The van der Waals surface area contributed by atoms with Crippen LogP contribution in [0.2, 0.25) is 0 Å². The van der Waals surface area contributed by atoms with Crippen molar-refractivity contribution in [3.63, 3.8) is 0 Å². The second kappa shape index (κ2) is 9.51. The van der Waals surface area contributed by atoms with Crippen molar-refractivity contribution in [1.82, 2.24) is 0 Å². The van der Waals surface area contributed by atoms with Crippen LogP contribution in [0.25, 0.3) is 11.1 Å². The van der Waals surface area contributed by atoms with Gasteiger partial charge >= 0.3 is 6.85 Å². The van der Waals surface area contributed by atoms with Crippen LogP contribution < -0.4 is 25.4 Å². The fourth-order valence-electron chi connectivity index (χ4n) is 7.48. The van der Waals surface area contributed by atoms with Gasteiger partial charge < -0.3 is 14.4 Å². The second-order valence-electron chi connectivity index (χ2n) is 13.4. The molecule has 4 heterocycles. The van der Waals surface area contributed by atoms with Gasteiger partial charge in [0.05, 0.1) is 21.2 Å². The number of ether oxygens (including phenoxy) is 1. The molecule has 0 bridgehead atoms. The average Bonchev–Trinajstić information content (AvgIpc) is 3.07. The van der Waals surface area contributed by atoms with Crippen molar-refractivity contribution in [1.29, 1.82) is 0 Å². The van der Waals surface area contributed by atoms with Crippen LogP contribution in [-0.4, -0.2) is 6.85 Å². The van der Waals surface area contributed by atoms with E-state index in [0.717, 1.165) is 21.3 Å². The number of anilines is 5. The molecule has 220 valence electrons. The van der Waals surface area contributed by atoms with E-state index in [-0.39, 0.29) is 12.3 Å². The Bertz CT molecular complexity index is 2260. The zero-order valence-electron chi connectivity index (χ0n) is 25.7. The fraction of sp³-hybridized carbons (Fsp3) is 0.100. The van der Waals surface area contributed by atoms with E-state index in [1.807, 2.05) is 17.8 Å². The molecular formula is C40H29BN2OS2. The molecule has 0 atom stereocenters. The van der Waals surface area contributed by atoms with Crippen molar-refractivity contribution in [2.24, 2.45) is 0 Å². The first-order valence-corrected chi connectivity index (χ1v) is 17.4. The van der Waals surface area contributed by atoms with E-state index >= 15 is 0 Å². The van der Waals surface area contributed by atoms with Gasteiger partial charge in [-0.1, -0.05) is 105 Å². The summed E-state index contributed by atoms with van der Waals surface area (Å²) in [6.07, 6.45) is 0. The summed E-state index contributed by atoms with van der Waals surface area (Å²) >= 11 is 3.68. The van der Waals surface area contributed by atoms with Crippen LogP contribution in [0.5, 0.6) is 11.5 Å². The zero-order valence-corrected chi connectivity index (χ0v) is 27.4. The SMILES string of the molecule is CC(C)(C)c1cc2c3c(c1)N1c4ccccc4Sc4cccc(c41)B3N(c1ccccc1)c1cc3c(cc1-2)Sc1ccccc1O3. The minimum absolute atomic E-state index is 0.00689. The third-order valence-corrected chi connectivity index (χ3v) is 11.8. The summed E-state index contributed by atoms with van der Waals surface area (Å²) < 4.78 is 6.61. The molecule has 10 rings (SSSR count). The summed E-state index contributed by atoms with van der Waals surface area (Å²) in [7, 11) is 0. The van der Waals surface area contributed by atoms with Crippen LogP contribution in [0, 0.1) is 0 Å². The summed E-state index contributed by atoms with van der Waals surface area (Å²) in [4.78, 5) is 10.0. The van der Waals surface area contributed by atoms with E-state index < -0.39 is 0 Å². The molecule has 0 spiro atoms. The van der Waals surface area contributed by atoms with Gasteiger partial charge in [-0.2, -0.15) is 0 Å². The Labute approximate surface area is 278 Å². The zero-order chi connectivity index (χ0) is 30.7. The maximum Gasteiger partial charge on any atom is 0.333 e. The first-order valence-electron chi connectivity index (χ1n) is 15.8. The van der Waals surface area contributed by atoms with Gasteiger partial charge in [-0.05, 0) is 82.1 Å². The normalized spacial score (nSPS) is 14.7. The summed E-state index contributed by atoms with van der Waals surface area (Å²) in [5.74, 6) is 1.83. The predicted molar refractivity (Wildman–Crippen MR) is 194 cm³/mol. The summed E-state index contributed by atoms with van der Waals surface area (Å²) in [5, 5.41) is 0. The summed E-state index contributed by atoms with van der Waals surface area (Å²) in [5.41, 5.74) is 12.7. The second-order valence-corrected chi connectivity index (χ2v) is 15.5. The molecule has 4 aliphatic heterocycles. The molecule has 46 heavy (non-hydrogen) atoms. The molecule has 0 saturated carbocycles. The number of rotatable bonds is 1. The Morgan fingerprint density at radius 1 is 0.587 bits per heavy atom. The van der Waals surface area contributed by atoms with E-state index in [0.29, 0.717) is 0 Å². The van der Waals surface area contributed by atoms with Crippen molar-refractivity contribution in [2.45, 2.75) is 45.8 Å². The molecule has 0 saturated heterocycles. The molecule has 6 heteroatoms. The van der Waals surface area contributed by atoms with Crippen LogP contribution in [0.15, 0.2) is 141 Å². The molecule has 3 nitrogen and oxygen atoms in total. The lowest BCUT2D eigenvalue weighted by molar-refractivity contribution is 0.455. The molecule has 6 aromatic rings. The van der Waals surface area contributed by atoms with Crippen LogP contribution in [0.4, 0.5) is 28.4 Å². The maximum atomic E-state index is 6.61. The lowest BCUT2D eigenvalue weighted by Gasteiger charge is -2.48. The van der Waals surface area contributed by atoms with Gasteiger partial charge in [0.25, 0.3) is 0 Å². The topological polar surface area (TPSA) is 15.7 Å². The smallest absolute Gasteiger partial charge is 0.333 e. The van der Waals surface area contributed by atoms with Crippen molar-refractivity contribution < 1.29 is 4.74 Å². The van der Waals surface area contributed by atoms with E-state index in [4.69, 9.17) is 4.74 Å². The minimum Gasteiger partial charge on any atom is -0.455 e. The molecule has 6 aromatic carbocycles. The molecule has 0 unspecified atom stereocenters. The minimum atomic E-state index is -0.0351. The van der Waals surface area contributed by atoms with Crippen molar-refractivity contribution in [2.75, 3.05) is 9.71 Å². The van der Waals surface area contributed by atoms with E-state index in [9.17, 15) is 0 Å². The van der Waals surface area contributed by atoms with Gasteiger partial charge in [0.2, 0.25) is 0 Å². The molecular weight excluding hydrogens is 599 g/mol. The highest BCUT2D eigenvalue weighted by Gasteiger charge is 2.47. The molecule has 4 aliphatic rings. The Kier molecular flexibility index (Phi) is 5.51. The van der Waals surface area contributed by atoms with Gasteiger partial charge in [0, 0.05) is 38.5 Å².